The van der Waals surface area contributed by atoms with Crippen molar-refractivity contribution in [1.82, 2.24) is 4.72 Å². The molecule has 0 rings (SSSR count). The SMILES string of the molecule is O=S([O-])NC(F)(F)C(F)(F)F. The molecule has 0 aromatic heterocycles. The third-order valence-electron chi connectivity index (χ3n) is 0.568. The summed E-state index contributed by atoms with van der Waals surface area (Å²) in [5.74, 6) is 0. The van der Waals surface area contributed by atoms with E-state index in [1.54, 1.807) is 0 Å². The van der Waals surface area contributed by atoms with Crippen molar-refractivity contribution in [2.45, 2.75) is 12.2 Å². The van der Waals surface area contributed by atoms with Gasteiger partial charge in [-0.15, -0.1) is 0 Å². The Morgan fingerprint density at radius 2 is 1.55 bits per heavy atom. The molecule has 0 saturated heterocycles. The molecule has 0 spiro atoms. The third-order valence-corrected chi connectivity index (χ3v) is 0.991. The van der Waals surface area contributed by atoms with Gasteiger partial charge in [0.25, 0.3) is 0 Å². The van der Waals surface area contributed by atoms with E-state index < -0.39 is 23.5 Å². The molecule has 68 valence electrons. The summed E-state index contributed by atoms with van der Waals surface area (Å²) in [5.41, 5.74) is 0. The zero-order valence-corrected chi connectivity index (χ0v) is 5.43. The number of hydrogen-bond acceptors (Lipinski definition) is 2. The summed E-state index contributed by atoms with van der Waals surface area (Å²) in [7, 11) is 0. The van der Waals surface area contributed by atoms with Crippen molar-refractivity contribution in [3.63, 3.8) is 0 Å². The molecule has 0 heterocycles. The van der Waals surface area contributed by atoms with Crippen LogP contribution in [0.2, 0.25) is 0 Å². The quantitative estimate of drug-likeness (QED) is 0.399. The summed E-state index contributed by atoms with van der Waals surface area (Å²) in [4.78, 5) is 0. The van der Waals surface area contributed by atoms with E-state index in [2.05, 4.69) is 0 Å². The first-order valence-electron chi connectivity index (χ1n) is 1.98. The van der Waals surface area contributed by atoms with E-state index in [-0.39, 0.29) is 4.72 Å². The normalized spacial score (nSPS) is 16.5. The van der Waals surface area contributed by atoms with Crippen LogP contribution in [0, 0.1) is 0 Å². The lowest BCUT2D eigenvalue weighted by atomic mass is 10.6. The summed E-state index contributed by atoms with van der Waals surface area (Å²) in [6, 6.07) is -5.40. The van der Waals surface area contributed by atoms with Crippen LogP contribution < -0.4 is 4.72 Å². The molecule has 0 saturated carbocycles. The fraction of sp³-hybridized carbons (Fsp3) is 1.00. The van der Waals surface area contributed by atoms with Crippen LogP contribution in [0.15, 0.2) is 0 Å². The Bertz CT molecular complexity index is 166. The topological polar surface area (TPSA) is 52.2 Å². The molecule has 3 nitrogen and oxygen atoms in total. The van der Waals surface area contributed by atoms with Crippen molar-refractivity contribution >= 4 is 11.3 Å². The molecule has 0 fully saturated rings. The maximum Gasteiger partial charge on any atom is 0.470 e. The standard InChI is InChI=1S/C2H2F5NO2S/c3-1(4,5)2(6,7)8-11(9)10/h8H,(H,9,10)/p-1. The zero-order valence-electron chi connectivity index (χ0n) is 4.61. The van der Waals surface area contributed by atoms with Crippen LogP contribution in [-0.2, 0) is 11.3 Å². The van der Waals surface area contributed by atoms with E-state index in [0.717, 1.165) is 0 Å². The highest BCUT2D eigenvalue weighted by molar-refractivity contribution is 7.77. The highest BCUT2D eigenvalue weighted by Crippen LogP contribution is 2.32. The van der Waals surface area contributed by atoms with Gasteiger partial charge in [0.05, 0.1) is 0 Å². The Morgan fingerprint density at radius 3 is 1.64 bits per heavy atom. The van der Waals surface area contributed by atoms with Gasteiger partial charge >= 0.3 is 12.2 Å². The monoisotopic (exact) mass is 198 g/mol. The average Bonchev–Trinajstić information content (AvgIpc) is 1.56. The Balaban J connectivity index is 4.34. The van der Waals surface area contributed by atoms with Gasteiger partial charge < -0.3 is 4.55 Å². The van der Waals surface area contributed by atoms with Gasteiger partial charge in [-0.2, -0.15) is 26.7 Å². The lowest BCUT2D eigenvalue weighted by Crippen LogP contribution is -2.49. The second-order valence-corrected chi connectivity index (χ2v) is 2.08. The van der Waals surface area contributed by atoms with E-state index in [1.807, 2.05) is 0 Å². The minimum absolute atomic E-state index is 0.0174. The predicted molar refractivity (Wildman–Crippen MR) is 23.1 cm³/mol. The Hall–Kier alpha value is -0.280. The Labute approximate surface area is 60.0 Å². The number of rotatable bonds is 2. The molecule has 0 radical (unpaired) electrons. The Morgan fingerprint density at radius 1 is 1.18 bits per heavy atom. The van der Waals surface area contributed by atoms with Gasteiger partial charge in [0.1, 0.15) is 0 Å². The van der Waals surface area contributed by atoms with Gasteiger partial charge in [-0.25, -0.2) is 0 Å². The molecule has 0 aromatic carbocycles. The molecule has 1 unspecified atom stereocenters. The maximum absolute atomic E-state index is 11.6. The summed E-state index contributed by atoms with van der Waals surface area (Å²) in [5, 5.41) is 0. The Kier molecular flexibility index (Phi) is 2.91. The van der Waals surface area contributed by atoms with Crippen molar-refractivity contribution in [2.75, 3.05) is 0 Å². The van der Waals surface area contributed by atoms with Crippen molar-refractivity contribution in [2.24, 2.45) is 0 Å². The molecule has 1 N–H and O–H groups in total. The molecule has 0 aliphatic carbocycles. The van der Waals surface area contributed by atoms with Gasteiger partial charge in [0, 0.05) is 11.3 Å². The molecule has 1 atom stereocenters. The summed E-state index contributed by atoms with van der Waals surface area (Å²) in [6.45, 7) is 0. The molecule has 0 aliphatic rings. The highest BCUT2D eigenvalue weighted by atomic mass is 32.2. The second-order valence-electron chi connectivity index (χ2n) is 1.41. The number of hydrogen-bond donors (Lipinski definition) is 1. The number of alkyl halides is 5. The van der Waals surface area contributed by atoms with E-state index in [1.165, 1.54) is 0 Å². The van der Waals surface area contributed by atoms with Gasteiger partial charge in [-0.05, 0) is 0 Å². The van der Waals surface area contributed by atoms with E-state index in [9.17, 15) is 30.7 Å². The highest BCUT2D eigenvalue weighted by Gasteiger charge is 2.57. The molecule has 0 bridgehead atoms. The summed E-state index contributed by atoms with van der Waals surface area (Å²) in [6.07, 6.45) is -5.91. The molecular weight excluding hydrogens is 197 g/mol. The molecular formula is C2HF5NO2S-. The second kappa shape index (κ2) is 2.99. The lowest BCUT2D eigenvalue weighted by molar-refractivity contribution is -0.286. The van der Waals surface area contributed by atoms with E-state index >= 15 is 0 Å². The minimum Gasteiger partial charge on any atom is -0.760 e. The van der Waals surface area contributed by atoms with Crippen molar-refractivity contribution in [3.05, 3.63) is 0 Å². The lowest BCUT2D eigenvalue weighted by Gasteiger charge is -2.21. The molecule has 9 heteroatoms. The van der Waals surface area contributed by atoms with E-state index in [4.69, 9.17) is 0 Å². The van der Waals surface area contributed by atoms with Crippen LogP contribution in [0.3, 0.4) is 0 Å². The number of halogens is 5. The smallest absolute Gasteiger partial charge is 0.470 e. The first kappa shape index (κ1) is 10.7. The van der Waals surface area contributed by atoms with Gasteiger partial charge in [-0.1, -0.05) is 0 Å². The van der Waals surface area contributed by atoms with Gasteiger partial charge in [0.2, 0.25) is 0 Å². The van der Waals surface area contributed by atoms with Crippen LogP contribution in [0.1, 0.15) is 0 Å². The van der Waals surface area contributed by atoms with Crippen molar-refractivity contribution in [3.8, 4) is 0 Å². The molecule has 0 aromatic rings. The first-order valence-corrected chi connectivity index (χ1v) is 3.06. The summed E-state index contributed by atoms with van der Waals surface area (Å²) >= 11 is -3.65. The van der Waals surface area contributed by atoms with Crippen LogP contribution in [0.4, 0.5) is 22.0 Å². The fourth-order valence-corrected chi connectivity index (χ4v) is 0.488. The van der Waals surface area contributed by atoms with Crippen LogP contribution in [0.25, 0.3) is 0 Å². The molecule has 0 amide bonds. The predicted octanol–water partition coefficient (Wildman–Crippen LogP) is 0.525. The van der Waals surface area contributed by atoms with Crippen molar-refractivity contribution < 1.29 is 30.7 Å². The minimum atomic E-state index is -5.91. The first-order chi connectivity index (χ1) is 4.67. The third kappa shape index (κ3) is 3.08. The molecule has 11 heavy (non-hydrogen) atoms. The molecule has 0 aliphatic heterocycles. The summed E-state index contributed by atoms with van der Waals surface area (Å²) < 4.78 is 75.2. The fourth-order valence-electron chi connectivity index (χ4n) is 0.163. The van der Waals surface area contributed by atoms with Crippen LogP contribution in [0.5, 0.6) is 0 Å². The van der Waals surface area contributed by atoms with Crippen LogP contribution in [-0.4, -0.2) is 21.0 Å². The van der Waals surface area contributed by atoms with E-state index in [0.29, 0.717) is 0 Å². The zero-order chi connectivity index (χ0) is 9.28. The number of nitrogens with one attached hydrogen (secondary N) is 1. The maximum atomic E-state index is 11.6. The van der Waals surface area contributed by atoms with Gasteiger partial charge in [-0.3, -0.25) is 4.21 Å². The average molecular weight is 198 g/mol. The largest absolute Gasteiger partial charge is 0.760 e. The van der Waals surface area contributed by atoms with Crippen molar-refractivity contribution in [1.29, 1.82) is 0 Å². The van der Waals surface area contributed by atoms with Crippen LogP contribution >= 0.6 is 0 Å². The van der Waals surface area contributed by atoms with Gasteiger partial charge in [0.15, 0.2) is 0 Å².